The first-order valence-electron chi connectivity index (χ1n) is 7.18. The van der Waals surface area contributed by atoms with Crippen LogP contribution in [0, 0.1) is 0 Å². The van der Waals surface area contributed by atoms with Gasteiger partial charge in [-0.3, -0.25) is 9.69 Å². The van der Waals surface area contributed by atoms with Gasteiger partial charge < -0.3 is 10.2 Å². The molecular formula is C15H24N4O. The first kappa shape index (κ1) is 14.8. The molecule has 1 aromatic rings. The summed E-state index contributed by atoms with van der Waals surface area (Å²) >= 11 is 0. The van der Waals surface area contributed by atoms with Crippen LogP contribution in [0.5, 0.6) is 0 Å². The highest BCUT2D eigenvalue weighted by Gasteiger charge is 2.25. The fourth-order valence-corrected chi connectivity index (χ4v) is 2.26. The van der Waals surface area contributed by atoms with Crippen LogP contribution < -0.4 is 10.2 Å². The second-order valence-electron chi connectivity index (χ2n) is 5.67. The van der Waals surface area contributed by atoms with Crippen molar-refractivity contribution in [3.8, 4) is 0 Å². The molecule has 1 aliphatic heterocycles. The SMILES string of the molecule is CC1C(=O)NCCN1Cc1ccc(N(C)C(C)C)nc1. The summed E-state index contributed by atoms with van der Waals surface area (Å²) in [5.41, 5.74) is 1.15. The van der Waals surface area contributed by atoms with E-state index in [1.807, 2.05) is 26.2 Å². The number of hydrogen-bond donors (Lipinski definition) is 1. The van der Waals surface area contributed by atoms with Crippen molar-refractivity contribution >= 4 is 11.7 Å². The second-order valence-corrected chi connectivity index (χ2v) is 5.67. The Balaban J connectivity index is 2.02. The van der Waals surface area contributed by atoms with Crippen LogP contribution in [0.2, 0.25) is 0 Å². The van der Waals surface area contributed by atoms with E-state index >= 15 is 0 Å². The number of nitrogens with one attached hydrogen (secondary N) is 1. The van der Waals surface area contributed by atoms with Gasteiger partial charge in [0.15, 0.2) is 0 Å². The standard InChI is InChI=1S/C15H24N4O/c1-11(2)18(4)14-6-5-13(9-17-14)10-19-8-7-16-15(20)12(19)3/h5-6,9,11-12H,7-8,10H2,1-4H3,(H,16,20). The molecule has 20 heavy (non-hydrogen) atoms. The number of hydrogen-bond acceptors (Lipinski definition) is 4. The van der Waals surface area contributed by atoms with Gasteiger partial charge in [0.25, 0.3) is 0 Å². The van der Waals surface area contributed by atoms with Gasteiger partial charge in [-0.2, -0.15) is 0 Å². The molecule has 1 amide bonds. The Kier molecular flexibility index (Phi) is 4.60. The van der Waals surface area contributed by atoms with E-state index in [0.717, 1.165) is 31.0 Å². The predicted octanol–water partition coefficient (Wildman–Crippen LogP) is 1.25. The maximum Gasteiger partial charge on any atom is 0.237 e. The Bertz CT molecular complexity index is 457. The van der Waals surface area contributed by atoms with Crippen LogP contribution in [0.15, 0.2) is 18.3 Å². The molecule has 1 unspecified atom stereocenters. The van der Waals surface area contributed by atoms with Gasteiger partial charge in [-0.1, -0.05) is 6.07 Å². The molecule has 2 rings (SSSR count). The number of carbonyl (C=O) groups is 1. The number of piperazine rings is 1. The van der Waals surface area contributed by atoms with Crippen molar-refractivity contribution < 1.29 is 4.79 Å². The molecule has 1 saturated heterocycles. The number of amides is 1. The largest absolute Gasteiger partial charge is 0.357 e. The quantitative estimate of drug-likeness (QED) is 0.899. The zero-order valence-electron chi connectivity index (χ0n) is 12.8. The van der Waals surface area contributed by atoms with Crippen LogP contribution in [-0.2, 0) is 11.3 Å². The lowest BCUT2D eigenvalue weighted by Gasteiger charge is -2.32. The van der Waals surface area contributed by atoms with Gasteiger partial charge in [0.1, 0.15) is 5.82 Å². The Labute approximate surface area is 121 Å². The van der Waals surface area contributed by atoms with E-state index in [4.69, 9.17) is 0 Å². The normalized spacial score (nSPS) is 20.1. The topological polar surface area (TPSA) is 48.5 Å². The number of aromatic nitrogens is 1. The van der Waals surface area contributed by atoms with Crippen LogP contribution in [-0.4, -0.2) is 48.0 Å². The average molecular weight is 276 g/mol. The first-order valence-corrected chi connectivity index (χ1v) is 7.18. The minimum atomic E-state index is -0.0678. The lowest BCUT2D eigenvalue weighted by atomic mass is 10.1. The van der Waals surface area contributed by atoms with E-state index in [0.29, 0.717) is 6.04 Å². The maximum atomic E-state index is 11.6. The molecule has 0 spiro atoms. The molecule has 0 aliphatic carbocycles. The number of carbonyl (C=O) groups excluding carboxylic acids is 1. The van der Waals surface area contributed by atoms with Crippen molar-refractivity contribution in [2.45, 2.75) is 39.4 Å². The minimum absolute atomic E-state index is 0.0678. The minimum Gasteiger partial charge on any atom is -0.357 e. The van der Waals surface area contributed by atoms with Gasteiger partial charge >= 0.3 is 0 Å². The molecule has 0 radical (unpaired) electrons. The van der Waals surface area contributed by atoms with Crippen LogP contribution in [0.1, 0.15) is 26.3 Å². The number of rotatable bonds is 4. The first-order chi connectivity index (χ1) is 9.49. The Morgan fingerprint density at radius 1 is 1.50 bits per heavy atom. The van der Waals surface area contributed by atoms with Gasteiger partial charge in [-0.25, -0.2) is 4.98 Å². The molecule has 1 aliphatic rings. The molecule has 1 atom stereocenters. The summed E-state index contributed by atoms with van der Waals surface area (Å²) in [5, 5.41) is 2.88. The van der Waals surface area contributed by atoms with E-state index in [9.17, 15) is 4.79 Å². The fourth-order valence-electron chi connectivity index (χ4n) is 2.26. The Morgan fingerprint density at radius 2 is 2.25 bits per heavy atom. The maximum absolute atomic E-state index is 11.6. The molecule has 0 bridgehead atoms. The summed E-state index contributed by atoms with van der Waals surface area (Å²) in [7, 11) is 2.05. The highest BCUT2D eigenvalue weighted by atomic mass is 16.2. The van der Waals surface area contributed by atoms with E-state index in [-0.39, 0.29) is 11.9 Å². The van der Waals surface area contributed by atoms with Crippen LogP contribution in [0.4, 0.5) is 5.82 Å². The molecule has 5 nitrogen and oxygen atoms in total. The molecule has 0 saturated carbocycles. The molecule has 1 aromatic heterocycles. The van der Waals surface area contributed by atoms with Gasteiger partial charge in [0, 0.05) is 38.9 Å². The predicted molar refractivity (Wildman–Crippen MR) is 80.7 cm³/mol. The molecular weight excluding hydrogens is 252 g/mol. The van der Waals surface area contributed by atoms with E-state index in [1.165, 1.54) is 0 Å². The summed E-state index contributed by atoms with van der Waals surface area (Å²) in [5.74, 6) is 1.09. The smallest absolute Gasteiger partial charge is 0.237 e. The molecule has 2 heterocycles. The molecule has 1 N–H and O–H groups in total. The molecule has 1 fully saturated rings. The van der Waals surface area contributed by atoms with Crippen LogP contribution in [0.25, 0.3) is 0 Å². The van der Waals surface area contributed by atoms with E-state index in [2.05, 4.69) is 40.0 Å². The second kappa shape index (κ2) is 6.22. The lowest BCUT2D eigenvalue weighted by molar-refractivity contribution is -0.128. The van der Waals surface area contributed by atoms with Gasteiger partial charge in [-0.05, 0) is 32.4 Å². The third-order valence-corrected chi connectivity index (χ3v) is 3.96. The van der Waals surface area contributed by atoms with Crippen LogP contribution in [0.3, 0.4) is 0 Å². The van der Waals surface area contributed by atoms with E-state index < -0.39 is 0 Å². The van der Waals surface area contributed by atoms with Gasteiger partial charge in [-0.15, -0.1) is 0 Å². The summed E-state index contributed by atoms with van der Waals surface area (Å²) in [6.45, 7) is 8.62. The third kappa shape index (κ3) is 3.28. The Morgan fingerprint density at radius 3 is 2.85 bits per heavy atom. The number of anilines is 1. The highest BCUT2D eigenvalue weighted by molar-refractivity contribution is 5.81. The number of nitrogens with zero attached hydrogens (tertiary/aromatic N) is 3. The zero-order chi connectivity index (χ0) is 14.7. The highest BCUT2D eigenvalue weighted by Crippen LogP contribution is 2.15. The van der Waals surface area contributed by atoms with Crippen molar-refractivity contribution in [2.75, 3.05) is 25.0 Å². The summed E-state index contributed by atoms with van der Waals surface area (Å²) in [6.07, 6.45) is 1.91. The molecule has 110 valence electrons. The van der Waals surface area contributed by atoms with Crippen molar-refractivity contribution in [3.05, 3.63) is 23.9 Å². The Hall–Kier alpha value is -1.62. The summed E-state index contributed by atoms with van der Waals surface area (Å²) in [4.78, 5) is 20.5. The van der Waals surface area contributed by atoms with Crippen molar-refractivity contribution in [3.63, 3.8) is 0 Å². The van der Waals surface area contributed by atoms with Crippen molar-refractivity contribution in [1.29, 1.82) is 0 Å². The zero-order valence-corrected chi connectivity index (χ0v) is 12.8. The fraction of sp³-hybridized carbons (Fsp3) is 0.600. The summed E-state index contributed by atoms with van der Waals surface area (Å²) in [6, 6.07) is 4.51. The van der Waals surface area contributed by atoms with Crippen molar-refractivity contribution in [2.24, 2.45) is 0 Å². The lowest BCUT2D eigenvalue weighted by Crippen LogP contribution is -2.53. The molecule has 0 aromatic carbocycles. The van der Waals surface area contributed by atoms with Crippen LogP contribution >= 0.6 is 0 Å². The van der Waals surface area contributed by atoms with E-state index in [1.54, 1.807) is 0 Å². The van der Waals surface area contributed by atoms with Crippen molar-refractivity contribution in [1.82, 2.24) is 15.2 Å². The monoisotopic (exact) mass is 276 g/mol. The summed E-state index contributed by atoms with van der Waals surface area (Å²) < 4.78 is 0. The molecule has 5 heteroatoms. The average Bonchev–Trinajstić information content (AvgIpc) is 2.44. The third-order valence-electron chi connectivity index (χ3n) is 3.96. The van der Waals surface area contributed by atoms with Gasteiger partial charge in [0.05, 0.1) is 6.04 Å². The number of pyridine rings is 1. The van der Waals surface area contributed by atoms with Gasteiger partial charge in [0.2, 0.25) is 5.91 Å².